The number of hydrogen-bond acceptors (Lipinski definition) is 3. The highest BCUT2D eigenvalue weighted by atomic mass is 16.5. The molecule has 1 aromatic carbocycles. The number of hydrogen-bond donors (Lipinski definition) is 0. The summed E-state index contributed by atoms with van der Waals surface area (Å²) in [6, 6.07) is 8.79. The van der Waals surface area contributed by atoms with Gasteiger partial charge >= 0.3 is 0 Å². The molecule has 3 nitrogen and oxygen atoms in total. The Labute approximate surface area is 95.4 Å². The van der Waals surface area contributed by atoms with E-state index in [1.807, 2.05) is 6.07 Å². The first-order chi connectivity index (χ1) is 7.47. The Hall–Kier alpha value is -1.48. The highest BCUT2D eigenvalue weighted by Gasteiger charge is 2.28. The van der Waals surface area contributed by atoms with Crippen molar-refractivity contribution in [3.05, 3.63) is 35.9 Å². The van der Waals surface area contributed by atoms with Gasteiger partial charge in [0.05, 0.1) is 6.42 Å². The van der Waals surface area contributed by atoms with Crippen molar-refractivity contribution in [1.29, 1.82) is 0 Å². The molecular weight excluding hydrogens is 204 g/mol. The van der Waals surface area contributed by atoms with Crippen LogP contribution in [0.2, 0.25) is 0 Å². The molecule has 0 fully saturated rings. The number of rotatable bonds is 5. The van der Waals surface area contributed by atoms with Crippen molar-refractivity contribution in [2.45, 2.75) is 25.9 Å². The van der Waals surface area contributed by atoms with Gasteiger partial charge in [0.2, 0.25) is 0 Å². The molecule has 0 bridgehead atoms. The Morgan fingerprint density at radius 2 is 1.75 bits per heavy atom. The third kappa shape index (κ3) is 3.00. The van der Waals surface area contributed by atoms with E-state index in [0.29, 0.717) is 5.56 Å². The minimum absolute atomic E-state index is 0.120. The van der Waals surface area contributed by atoms with Crippen molar-refractivity contribution < 1.29 is 14.3 Å². The summed E-state index contributed by atoms with van der Waals surface area (Å²) in [5, 5.41) is 0. The number of Topliss-reactive ketones (excluding diaryl/α,β-unsaturated/α-hetero) is 2. The number of ketones is 2. The van der Waals surface area contributed by atoms with E-state index in [-0.39, 0.29) is 18.0 Å². The average Bonchev–Trinajstić information content (AvgIpc) is 2.30. The van der Waals surface area contributed by atoms with Crippen LogP contribution in [0.15, 0.2) is 30.3 Å². The smallest absolute Gasteiger partial charge is 0.171 e. The van der Waals surface area contributed by atoms with Gasteiger partial charge in [-0.1, -0.05) is 30.3 Å². The van der Waals surface area contributed by atoms with Gasteiger partial charge in [0.1, 0.15) is 5.60 Å². The molecule has 0 aliphatic heterocycles. The number of ether oxygens (including phenoxy) is 1. The van der Waals surface area contributed by atoms with Crippen LogP contribution in [0.25, 0.3) is 0 Å². The summed E-state index contributed by atoms with van der Waals surface area (Å²) < 4.78 is 5.03. The van der Waals surface area contributed by atoms with Crippen LogP contribution in [0.1, 0.15) is 30.6 Å². The minimum Gasteiger partial charge on any atom is -0.371 e. The Morgan fingerprint density at radius 3 is 2.25 bits per heavy atom. The molecule has 1 aromatic rings. The summed E-state index contributed by atoms with van der Waals surface area (Å²) in [6.07, 6.45) is -0.120. The molecular formula is C13H16O3. The maximum atomic E-state index is 11.7. The van der Waals surface area contributed by atoms with Crippen LogP contribution in [0.5, 0.6) is 0 Å². The fourth-order valence-electron chi connectivity index (χ4n) is 1.20. The third-order valence-corrected chi connectivity index (χ3v) is 2.60. The van der Waals surface area contributed by atoms with E-state index in [2.05, 4.69) is 0 Å². The molecule has 0 spiro atoms. The normalized spacial score (nSPS) is 11.2. The topological polar surface area (TPSA) is 43.4 Å². The van der Waals surface area contributed by atoms with E-state index in [0.717, 1.165) is 0 Å². The predicted octanol–water partition coefficient (Wildman–Crippen LogP) is 2.25. The zero-order valence-electron chi connectivity index (χ0n) is 9.82. The van der Waals surface area contributed by atoms with Crippen LogP contribution in [0.3, 0.4) is 0 Å². The summed E-state index contributed by atoms with van der Waals surface area (Å²) in [6.45, 7) is 3.32. The predicted molar refractivity (Wildman–Crippen MR) is 61.5 cm³/mol. The first-order valence-electron chi connectivity index (χ1n) is 5.14. The zero-order valence-corrected chi connectivity index (χ0v) is 9.82. The second-order valence-corrected chi connectivity index (χ2v) is 4.10. The molecule has 0 aliphatic rings. The maximum absolute atomic E-state index is 11.7. The zero-order chi connectivity index (χ0) is 12.2. The molecule has 0 aromatic heterocycles. The fraction of sp³-hybridized carbons (Fsp3) is 0.385. The number of benzene rings is 1. The van der Waals surface area contributed by atoms with Gasteiger partial charge in [-0.25, -0.2) is 0 Å². The Kier molecular flexibility index (Phi) is 3.96. The van der Waals surface area contributed by atoms with Gasteiger partial charge in [-0.05, 0) is 13.8 Å². The van der Waals surface area contributed by atoms with Gasteiger partial charge in [-0.3, -0.25) is 9.59 Å². The van der Waals surface area contributed by atoms with E-state index in [9.17, 15) is 9.59 Å². The van der Waals surface area contributed by atoms with Crippen LogP contribution >= 0.6 is 0 Å². The molecule has 0 unspecified atom stereocenters. The van der Waals surface area contributed by atoms with Crippen molar-refractivity contribution >= 4 is 11.6 Å². The van der Waals surface area contributed by atoms with Gasteiger partial charge in [-0.2, -0.15) is 0 Å². The molecule has 0 saturated heterocycles. The van der Waals surface area contributed by atoms with E-state index in [1.165, 1.54) is 7.11 Å². The van der Waals surface area contributed by atoms with E-state index < -0.39 is 5.60 Å². The standard InChI is InChI=1S/C13H16O3/c1-13(2,16-3)12(15)9-11(14)10-7-5-4-6-8-10/h4-8H,9H2,1-3H3. The Morgan fingerprint density at radius 1 is 1.19 bits per heavy atom. The van der Waals surface area contributed by atoms with Gasteiger partial charge in [0.25, 0.3) is 0 Å². The van der Waals surface area contributed by atoms with Crippen LogP contribution in [-0.2, 0) is 9.53 Å². The van der Waals surface area contributed by atoms with E-state index >= 15 is 0 Å². The number of methoxy groups -OCH3 is 1. The van der Waals surface area contributed by atoms with Gasteiger partial charge in [-0.15, -0.1) is 0 Å². The Bertz CT molecular complexity index is 379. The van der Waals surface area contributed by atoms with E-state index in [1.54, 1.807) is 38.1 Å². The lowest BCUT2D eigenvalue weighted by molar-refractivity contribution is -0.136. The van der Waals surface area contributed by atoms with Crippen molar-refractivity contribution in [3.8, 4) is 0 Å². The molecule has 0 N–H and O–H groups in total. The fourth-order valence-corrected chi connectivity index (χ4v) is 1.20. The van der Waals surface area contributed by atoms with Crippen molar-refractivity contribution in [2.24, 2.45) is 0 Å². The number of carbonyl (C=O) groups is 2. The molecule has 0 atom stereocenters. The van der Waals surface area contributed by atoms with Crippen molar-refractivity contribution in [2.75, 3.05) is 7.11 Å². The van der Waals surface area contributed by atoms with Crippen LogP contribution in [-0.4, -0.2) is 24.3 Å². The molecule has 0 radical (unpaired) electrons. The summed E-state index contributed by atoms with van der Waals surface area (Å²) in [4.78, 5) is 23.5. The molecule has 86 valence electrons. The molecule has 3 heteroatoms. The third-order valence-electron chi connectivity index (χ3n) is 2.60. The van der Waals surface area contributed by atoms with Gasteiger partial charge < -0.3 is 4.74 Å². The molecule has 0 saturated carbocycles. The molecule has 0 aliphatic carbocycles. The SMILES string of the molecule is COC(C)(C)C(=O)CC(=O)c1ccccc1. The monoisotopic (exact) mass is 220 g/mol. The lowest BCUT2D eigenvalue weighted by atomic mass is 9.96. The highest BCUT2D eigenvalue weighted by molar-refractivity contribution is 6.10. The number of carbonyl (C=O) groups excluding carboxylic acids is 2. The minimum atomic E-state index is -0.898. The second kappa shape index (κ2) is 5.03. The first-order valence-corrected chi connectivity index (χ1v) is 5.14. The van der Waals surface area contributed by atoms with Crippen LogP contribution in [0, 0.1) is 0 Å². The lowest BCUT2D eigenvalue weighted by Gasteiger charge is -2.20. The highest BCUT2D eigenvalue weighted by Crippen LogP contribution is 2.13. The summed E-state index contributed by atoms with van der Waals surface area (Å²) in [5.41, 5.74) is -0.340. The molecule has 16 heavy (non-hydrogen) atoms. The first kappa shape index (κ1) is 12.6. The van der Waals surface area contributed by atoms with Gasteiger partial charge in [0, 0.05) is 12.7 Å². The average molecular weight is 220 g/mol. The summed E-state index contributed by atoms with van der Waals surface area (Å²) in [7, 11) is 1.46. The largest absolute Gasteiger partial charge is 0.371 e. The van der Waals surface area contributed by atoms with Crippen LogP contribution in [0.4, 0.5) is 0 Å². The second-order valence-electron chi connectivity index (χ2n) is 4.10. The van der Waals surface area contributed by atoms with E-state index in [4.69, 9.17) is 4.74 Å². The summed E-state index contributed by atoms with van der Waals surface area (Å²) in [5.74, 6) is -0.375. The van der Waals surface area contributed by atoms with Gasteiger partial charge in [0.15, 0.2) is 11.6 Å². The molecule has 0 amide bonds. The van der Waals surface area contributed by atoms with Crippen molar-refractivity contribution in [1.82, 2.24) is 0 Å². The van der Waals surface area contributed by atoms with Crippen LogP contribution < -0.4 is 0 Å². The molecule has 0 heterocycles. The lowest BCUT2D eigenvalue weighted by Crippen LogP contribution is -2.35. The molecule has 1 rings (SSSR count). The Balaban J connectivity index is 2.70. The quantitative estimate of drug-likeness (QED) is 0.564. The van der Waals surface area contributed by atoms with Crippen molar-refractivity contribution in [3.63, 3.8) is 0 Å². The summed E-state index contributed by atoms with van der Waals surface area (Å²) >= 11 is 0. The maximum Gasteiger partial charge on any atom is 0.171 e.